The monoisotopic (exact) mass is 602 g/mol. The van der Waals surface area contributed by atoms with Gasteiger partial charge in [0.15, 0.2) is 5.13 Å². The Morgan fingerprint density at radius 3 is 2.67 bits per heavy atom. The molecule has 3 aromatic rings. The summed E-state index contributed by atoms with van der Waals surface area (Å²) in [5.74, 6) is -2.19. The molecule has 0 aliphatic carbocycles. The van der Waals surface area contributed by atoms with E-state index < -0.39 is 53.8 Å². The number of nitrogens with zero attached hydrogens (tertiary/aromatic N) is 5. The van der Waals surface area contributed by atoms with E-state index in [2.05, 4.69) is 14.7 Å². The molecular weight excluding hydrogens is 577 g/mol. The summed E-state index contributed by atoms with van der Waals surface area (Å²) in [6.45, 7) is -0.0315. The van der Waals surface area contributed by atoms with Crippen LogP contribution in [0.5, 0.6) is 5.75 Å². The van der Waals surface area contributed by atoms with Crippen molar-refractivity contribution in [2.45, 2.75) is 31.3 Å². The van der Waals surface area contributed by atoms with E-state index in [4.69, 9.17) is 10.5 Å². The predicted molar refractivity (Wildman–Crippen MR) is 142 cm³/mol. The van der Waals surface area contributed by atoms with E-state index >= 15 is 0 Å². The maximum atomic E-state index is 13.6. The van der Waals surface area contributed by atoms with Crippen LogP contribution >= 0.6 is 11.3 Å². The van der Waals surface area contributed by atoms with Crippen LogP contribution in [0.3, 0.4) is 0 Å². The number of fused-ring (bicyclic) bond motifs is 1. The molecule has 216 valence electrons. The second-order valence-corrected chi connectivity index (χ2v) is 10.8. The van der Waals surface area contributed by atoms with Crippen molar-refractivity contribution in [1.29, 1.82) is 0 Å². The van der Waals surface area contributed by atoms with Crippen molar-refractivity contribution in [1.82, 2.24) is 14.9 Å². The van der Waals surface area contributed by atoms with Gasteiger partial charge in [0.25, 0.3) is 11.3 Å². The molecule has 2 aromatic heterocycles. The highest BCUT2D eigenvalue weighted by Gasteiger charge is 2.45. The van der Waals surface area contributed by atoms with Crippen LogP contribution in [0.15, 0.2) is 30.6 Å². The molecule has 0 saturated carbocycles. The molecule has 1 fully saturated rings. The molecule has 4 rings (SSSR count). The summed E-state index contributed by atoms with van der Waals surface area (Å²) < 4.78 is 72.3. The Kier molecular flexibility index (Phi) is 8.36. The van der Waals surface area contributed by atoms with Gasteiger partial charge in [-0.25, -0.2) is 23.3 Å². The molecule has 1 saturated heterocycles. The molecule has 17 heteroatoms. The van der Waals surface area contributed by atoms with Crippen LogP contribution in [0.4, 0.5) is 29.1 Å². The van der Waals surface area contributed by atoms with Gasteiger partial charge in [-0.05, 0) is 35.6 Å². The Morgan fingerprint density at radius 1 is 1.35 bits per heavy atom. The third-order valence-electron chi connectivity index (χ3n) is 6.21. The molecule has 1 unspecified atom stereocenters. The number of amides is 1. The summed E-state index contributed by atoms with van der Waals surface area (Å²) in [4.78, 5) is 37.3. The standard InChI is InChI=1S/C23H25F3N6O6S2/c1-30(2)22-29-11-18(39-22)32(40(35)36)15-5-7-31(20(15)33)16(21(34)37-3)9-13-8-12-4-6-28-19(27)14(12)10-17(13)38-23(24,25)26/h4,6,8,10-11,15-16H,5,7,9H2,1-3H3,(H2,27,28)(H,35,36)/t15-,16+/m0/s1. The van der Waals surface area contributed by atoms with Crippen LogP contribution in [0, 0.1) is 0 Å². The lowest BCUT2D eigenvalue weighted by Crippen LogP contribution is -2.49. The minimum Gasteiger partial charge on any atom is -0.467 e. The van der Waals surface area contributed by atoms with E-state index in [0.29, 0.717) is 10.5 Å². The molecule has 1 aliphatic rings. The number of pyridine rings is 1. The summed E-state index contributed by atoms with van der Waals surface area (Å²) in [7, 11) is 4.56. The lowest BCUT2D eigenvalue weighted by atomic mass is 10.00. The zero-order chi connectivity index (χ0) is 29.4. The third-order valence-corrected chi connectivity index (χ3v) is 8.28. The lowest BCUT2D eigenvalue weighted by molar-refractivity contribution is -0.274. The first kappa shape index (κ1) is 29.3. The predicted octanol–water partition coefficient (Wildman–Crippen LogP) is 2.57. The smallest absolute Gasteiger partial charge is 0.467 e. The van der Waals surface area contributed by atoms with Crippen LogP contribution in [0.2, 0.25) is 0 Å². The first-order valence-electron chi connectivity index (χ1n) is 11.6. The number of anilines is 3. The molecule has 40 heavy (non-hydrogen) atoms. The fourth-order valence-electron chi connectivity index (χ4n) is 4.43. The first-order valence-corrected chi connectivity index (χ1v) is 13.5. The summed E-state index contributed by atoms with van der Waals surface area (Å²) in [6, 6.07) is 1.48. The number of carbonyl (C=O) groups excluding carboxylic acids is 2. The number of ether oxygens (including phenoxy) is 2. The highest BCUT2D eigenvalue weighted by atomic mass is 32.2. The number of esters is 1. The van der Waals surface area contributed by atoms with Gasteiger partial charge in [-0.3, -0.25) is 9.35 Å². The average molecular weight is 603 g/mol. The molecule has 1 aromatic carbocycles. The number of carbonyl (C=O) groups is 2. The lowest BCUT2D eigenvalue weighted by Gasteiger charge is -2.28. The molecule has 1 aliphatic heterocycles. The minimum atomic E-state index is -5.05. The number of likely N-dealkylation sites (tertiary alicyclic amines) is 1. The van der Waals surface area contributed by atoms with Gasteiger partial charge in [-0.1, -0.05) is 11.3 Å². The van der Waals surface area contributed by atoms with Crippen molar-refractivity contribution >= 4 is 61.2 Å². The molecule has 1 amide bonds. The Hall–Kier alpha value is -3.70. The number of halogens is 3. The fourth-order valence-corrected chi connectivity index (χ4v) is 6.15. The first-order chi connectivity index (χ1) is 18.8. The molecule has 0 spiro atoms. The highest BCUT2D eigenvalue weighted by molar-refractivity contribution is 7.81. The maximum absolute atomic E-state index is 13.6. The highest BCUT2D eigenvalue weighted by Crippen LogP contribution is 2.36. The van der Waals surface area contributed by atoms with Gasteiger partial charge in [0, 0.05) is 38.6 Å². The third kappa shape index (κ3) is 6.05. The van der Waals surface area contributed by atoms with Crippen molar-refractivity contribution in [3.05, 3.63) is 36.2 Å². The Labute approximate surface area is 232 Å². The SMILES string of the molecule is COC(=O)[C@@H](Cc1cc2ccnc(N)c2cc1OC(F)(F)F)N1CC[C@H](N(c2cnc(N(C)C)s2)S(=O)O)C1=O. The van der Waals surface area contributed by atoms with E-state index in [-0.39, 0.29) is 34.7 Å². The van der Waals surface area contributed by atoms with E-state index in [1.807, 2.05) is 0 Å². The van der Waals surface area contributed by atoms with Crippen LogP contribution < -0.4 is 19.7 Å². The topological polar surface area (TPSA) is 151 Å². The number of hydrogen-bond donors (Lipinski definition) is 2. The van der Waals surface area contributed by atoms with Crippen LogP contribution in [0.1, 0.15) is 12.0 Å². The zero-order valence-electron chi connectivity index (χ0n) is 21.4. The number of benzene rings is 1. The molecule has 0 radical (unpaired) electrons. The number of rotatable bonds is 9. The van der Waals surface area contributed by atoms with Gasteiger partial charge in [0.1, 0.15) is 28.7 Å². The van der Waals surface area contributed by atoms with Crippen LogP contribution in [-0.4, -0.2) is 81.7 Å². The number of thiazole rings is 1. The van der Waals surface area contributed by atoms with Gasteiger partial charge < -0.3 is 25.0 Å². The molecule has 0 bridgehead atoms. The number of alkyl halides is 3. The Bertz CT molecular complexity index is 1450. The van der Waals surface area contributed by atoms with Crippen LogP contribution in [0.25, 0.3) is 10.8 Å². The number of nitrogen functional groups attached to an aromatic ring is 1. The van der Waals surface area contributed by atoms with Gasteiger partial charge in [0.2, 0.25) is 5.91 Å². The van der Waals surface area contributed by atoms with Crippen molar-refractivity contribution in [3.63, 3.8) is 0 Å². The zero-order valence-corrected chi connectivity index (χ0v) is 23.0. The van der Waals surface area contributed by atoms with Crippen LogP contribution in [-0.2, 0) is 32.0 Å². The van der Waals surface area contributed by atoms with Crippen molar-refractivity contribution in [2.75, 3.05) is 42.7 Å². The van der Waals surface area contributed by atoms with Gasteiger partial charge >= 0.3 is 12.3 Å². The number of hydrogen-bond acceptors (Lipinski definition) is 10. The average Bonchev–Trinajstić information content (AvgIpc) is 3.50. The van der Waals surface area contributed by atoms with Crippen molar-refractivity contribution in [2.24, 2.45) is 0 Å². The second-order valence-electron chi connectivity index (χ2n) is 8.94. The molecular formula is C23H25F3N6O6S2. The summed E-state index contributed by atoms with van der Waals surface area (Å²) in [5.41, 5.74) is 5.79. The van der Waals surface area contributed by atoms with Crippen molar-refractivity contribution in [3.8, 4) is 5.75 Å². The van der Waals surface area contributed by atoms with E-state index in [1.165, 1.54) is 24.5 Å². The van der Waals surface area contributed by atoms with Gasteiger partial charge in [-0.15, -0.1) is 13.2 Å². The quantitative estimate of drug-likeness (QED) is 0.276. The minimum absolute atomic E-state index is 0.0178. The summed E-state index contributed by atoms with van der Waals surface area (Å²) >= 11 is -1.53. The largest absolute Gasteiger partial charge is 0.573 e. The molecule has 3 atom stereocenters. The molecule has 3 N–H and O–H groups in total. The van der Waals surface area contributed by atoms with E-state index in [0.717, 1.165) is 33.7 Å². The summed E-state index contributed by atoms with van der Waals surface area (Å²) in [6.07, 6.45) is -2.66. The Morgan fingerprint density at radius 2 is 2.08 bits per heavy atom. The summed E-state index contributed by atoms with van der Waals surface area (Å²) in [5, 5.41) is 1.43. The fraction of sp³-hybridized carbons (Fsp3) is 0.391. The number of nitrogens with two attached hydrogens (primary N) is 1. The van der Waals surface area contributed by atoms with Gasteiger partial charge in [0.05, 0.1) is 13.3 Å². The Balaban J connectivity index is 1.69. The number of methoxy groups -OCH3 is 1. The number of aromatic nitrogens is 2. The van der Waals surface area contributed by atoms with Gasteiger partial charge in [-0.2, -0.15) is 0 Å². The normalized spacial score (nSPS) is 17.1. The molecule has 12 nitrogen and oxygen atoms in total. The van der Waals surface area contributed by atoms with E-state index in [9.17, 15) is 31.5 Å². The second kappa shape index (κ2) is 11.4. The molecule has 3 heterocycles. The maximum Gasteiger partial charge on any atom is 0.573 e. The van der Waals surface area contributed by atoms with Crippen molar-refractivity contribution < 1.29 is 41.0 Å². The van der Waals surface area contributed by atoms with E-state index in [1.54, 1.807) is 19.0 Å².